The zero-order chi connectivity index (χ0) is 24.6. The molecule has 0 unspecified atom stereocenters. The second kappa shape index (κ2) is 11.3. The van der Waals surface area contributed by atoms with Gasteiger partial charge in [0.05, 0.1) is 31.4 Å². The summed E-state index contributed by atoms with van der Waals surface area (Å²) in [4.78, 5) is 26.6. The Balaban J connectivity index is 1.99. The molecule has 4 aromatic rings. The van der Waals surface area contributed by atoms with Crippen LogP contribution in [-0.2, 0) is 22.6 Å². The van der Waals surface area contributed by atoms with Gasteiger partial charge < -0.3 is 14.0 Å². The molecule has 176 valence electrons. The first-order valence-electron chi connectivity index (χ1n) is 11.3. The van der Waals surface area contributed by atoms with Crippen LogP contribution in [0.4, 0.5) is 0 Å². The maximum atomic E-state index is 14.0. The Labute approximate surface area is 204 Å². The van der Waals surface area contributed by atoms with Crippen molar-refractivity contribution in [2.24, 2.45) is 0 Å². The lowest BCUT2D eigenvalue weighted by Crippen LogP contribution is -2.25. The lowest BCUT2D eigenvalue weighted by Gasteiger charge is -2.18. The topological polar surface area (TPSA) is 57.5 Å². The van der Waals surface area contributed by atoms with E-state index in [4.69, 9.17) is 9.47 Å². The molecule has 0 atom stereocenters. The normalized spacial score (nSPS) is 11.0. The zero-order valence-corrected chi connectivity index (χ0v) is 19.8. The zero-order valence-electron chi connectivity index (χ0n) is 19.8. The van der Waals surface area contributed by atoms with Crippen LogP contribution >= 0.6 is 0 Å². The molecule has 1 aromatic heterocycles. The molecule has 0 amide bonds. The maximum Gasteiger partial charge on any atom is 0.338 e. The number of methoxy groups -OCH3 is 2. The average molecular weight is 466 g/mol. The van der Waals surface area contributed by atoms with Crippen molar-refractivity contribution < 1.29 is 14.3 Å². The number of pyridine rings is 1. The van der Waals surface area contributed by atoms with Crippen LogP contribution in [0, 0.1) is 0 Å². The number of carbonyl (C=O) groups is 1. The number of carbonyl (C=O) groups excluding carboxylic acids is 1. The summed E-state index contributed by atoms with van der Waals surface area (Å²) in [6.45, 7) is 0.698. The fourth-order valence-corrected chi connectivity index (χ4v) is 4.09. The summed E-state index contributed by atoms with van der Waals surface area (Å²) >= 11 is 0. The van der Waals surface area contributed by atoms with Crippen LogP contribution in [0.2, 0.25) is 0 Å². The van der Waals surface area contributed by atoms with E-state index in [1.165, 1.54) is 7.11 Å². The number of ether oxygens (including phenoxy) is 2. The summed E-state index contributed by atoms with van der Waals surface area (Å²) in [7, 11) is 2.96. The van der Waals surface area contributed by atoms with Crippen LogP contribution < -0.4 is 5.56 Å². The van der Waals surface area contributed by atoms with E-state index in [-0.39, 0.29) is 5.56 Å². The molecule has 0 fully saturated rings. The Morgan fingerprint density at radius 2 is 1.51 bits per heavy atom. The van der Waals surface area contributed by atoms with E-state index in [1.54, 1.807) is 29.9 Å². The van der Waals surface area contributed by atoms with Gasteiger partial charge in [0, 0.05) is 24.4 Å². The SMILES string of the molecule is COCc1cn(Cc2ccccc2)c(=O)c(-c2ccccc2C(=O)OC)c1/C=C/c1ccccc1. The van der Waals surface area contributed by atoms with Crippen LogP contribution in [0.25, 0.3) is 23.3 Å². The lowest BCUT2D eigenvalue weighted by molar-refractivity contribution is 0.0601. The molecule has 1 heterocycles. The number of esters is 1. The smallest absolute Gasteiger partial charge is 0.338 e. The van der Waals surface area contributed by atoms with Crippen molar-refractivity contribution >= 4 is 18.1 Å². The third-order valence-corrected chi connectivity index (χ3v) is 5.74. The van der Waals surface area contributed by atoms with Gasteiger partial charge >= 0.3 is 5.97 Å². The largest absolute Gasteiger partial charge is 0.465 e. The second-order valence-electron chi connectivity index (χ2n) is 8.08. The summed E-state index contributed by atoms with van der Waals surface area (Å²) in [5, 5.41) is 0. The molecule has 5 nitrogen and oxygen atoms in total. The van der Waals surface area contributed by atoms with E-state index in [2.05, 4.69) is 0 Å². The molecule has 0 N–H and O–H groups in total. The highest BCUT2D eigenvalue weighted by Gasteiger charge is 2.21. The number of benzene rings is 3. The summed E-state index contributed by atoms with van der Waals surface area (Å²) in [6.07, 6.45) is 5.72. The third-order valence-electron chi connectivity index (χ3n) is 5.74. The molecule has 0 aliphatic carbocycles. The van der Waals surface area contributed by atoms with Gasteiger partial charge in [0.1, 0.15) is 0 Å². The molecule has 0 radical (unpaired) electrons. The van der Waals surface area contributed by atoms with Crippen molar-refractivity contribution in [1.82, 2.24) is 4.57 Å². The molecule has 0 aliphatic rings. The van der Waals surface area contributed by atoms with Crippen molar-refractivity contribution in [1.29, 1.82) is 0 Å². The second-order valence-corrected chi connectivity index (χ2v) is 8.08. The van der Waals surface area contributed by atoms with Crippen LogP contribution in [0.5, 0.6) is 0 Å². The molecule has 4 rings (SSSR count). The first kappa shape index (κ1) is 23.9. The minimum atomic E-state index is -0.496. The van der Waals surface area contributed by atoms with E-state index in [9.17, 15) is 9.59 Å². The molecule has 35 heavy (non-hydrogen) atoms. The van der Waals surface area contributed by atoms with Crippen molar-refractivity contribution in [3.05, 3.63) is 129 Å². The summed E-state index contributed by atoms with van der Waals surface area (Å²) in [6, 6.07) is 26.7. The lowest BCUT2D eigenvalue weighted by atomic mass is 9.93. The molecular weight excluding hydrogens is 438 g/mol. The van der Waals surface area contributed by atoms with Crippen molar-refractivity contribution in [2.75, 3.05) is 14.2 Å². The standard InChI is InChI=1S/C30H27NO4/c1-34-21-24-20-31(19-23-13-7-4-8-14-23)29(32)28(25(24)18-17-22-11-5-3-6-12-22)26-15-9-10-16-27(26)30(33)35-2/h3-18,20H,19,21H2,1-2H3/b18-17+. The van der Waals surface area contributed by atoms with Gasteiger partial charge in [-0.05, 0) is 22.8 Å². The number of nitrogens with zero attached hydrogens (tertiary/aromatic N) is 1. The van der Waals surface area contributed by atoms with Gasteiger partial charge in [-0.2, -0.15) is 0 Å². The molecule has 0 bridgehead atoms. The summed E-state index contributed by atoms with van der Waals surface area (Å²) in [5.41, 5.74) is 4.64. The fourth-order valence-electron chi connectivity index (χ4n) is 4.09. The van der Waals surface area contributed by atoms with E-state index in [0.29, 0.717) is 35.4 Å². The Bertz CT molecular complexity index is 1390. The van der Waals surface area contributed by atoms with Crippen molar-refractivity contribution in [2.45, 2.75) is 13.2 Å². The fraction of sp³-hybridized carbons (Fsp3) is 0.133. The average Bonchev–Trinajstić information content (AvgIpc) is 2.90. The first-order chi connectivity index (χ1) is 17.1. The molecule has 3 aromatic carbocycles. The minimum absolute atomic E-state index is 0.197. The van der Waals surface area contributed by atoms with Gasteiger partial charge in [0.2, 0.25) is 0 Å². The highest BCUT2D eigenvalue weighted by atomic mass is 16.5. The molecule has 0 aliphatic heterocycles. The Morgan fingerprint density at radius 3 is 2.20 bits per heavy atom. The van der Waals surface area contributed by atoms with Gasteiger partial charge in [-0.15, -0.1) is 0 Å². The van der Waals surface area contributed by atoms with Gasteiger partial charge in [-0.3, -0.25) is 4.79 Å². The van der Waals surface area contributed by atoms with Crippen LogP contribution in [0.1, 0.15) is 32.6 Å². The molecule has 0 saturated carbocycles. The summed E-state index contributed by atoms with van der Waals surface area (Å²) < 4.78 is 12.2. The van der Waals surface area contributed by atoms with Gasteiger partial charge in [-0.25, -0.2) is 4.79 Å². The highest BCUT2D eigenvalue weighted by molar-refractivity contribution is 5.99. The number of rotatable bonds is 8. The first-order valence-corrected chi connectivity index (χ1v) is 11.3. The van der Waals surface area contributed by atoms with E-state index < -0.39 is 5.97 Å². The monoisotopic (exact) mass is 465 g/mol. The molecule has 0 saturated heterocycles. The predicted octanol–water partition coefficient (Wildman–Crippen LogP) is 5.67. The van der Waals surface area contributed by atoms with E-state index in [1.807, 2.05) is 85.1 Å². The molecular formula is C30H27NO4. The van der Waals surface area contributed by atoms with Crippen molar-refractivity contribution in [3.63, 3.8) is 0 Å². The maximum absolute atomic E-state index is 14.0. The van der Waals surface area contributed by atoms with Gasteiger partial charge in [-0.1, -0.05) is 91.0 Å². The quantitative estimate of drug-likeness (QED) is 0.315. The van der Waals surface area contributed by atoms with Crippen LogP contribution in [0.3, 0.4) is 0 Å². The molecule has 0 spiro atoms. The summed E-state index contributed by atoms with van der Waals surface area (Å²) in [5.74, 6) is -0.496. The Kier molecular flexibility index (Phi) is 7.70. The van der Waals surface area contributed by atoms with Gasteiger partial charge in [0.15, 0.2) is 0 Å². The van der Waals surface area contributed by atoms with E-state index in [0.717, 1.165) is 16.7 Å². The Hall–Kier alpha value is -4.22. The minimum Gasteiger partial charge on any atom is -0.465 e. The van der Waals surface area contributed by atoms with Gasteiger partial charge in [0.25, 0.3) is 5.56 Å². The third kappa shape index (κ3) is 5.48. The Morgan fingerprint density at radius 1 is 0.857 bits per heavy atom. The van der Waals surface area contributed by atoms with Crippen LogP contribution in [-0.4, -0.2) is 24.8 Å². The van der Waals surface area contributed by atoms with Crippen LogP contribution in [0.15, 0.2) is 95.9 Å². The predicted molar refractivity (Wildman–Crippen MR) is 139 cm³/mol. The number of aromatic nitrogens is 1. The number of hydrogen-bond acceptors (Lipinski definition) is 4. The number of hydrogen-bond donors (Lipinski definition) is 0. The molecule has 5 heteroatoms. The highest BCUT2D eigenvalue weighted by Crippen LogP contribution is 2.29. The van der Waals surface area contributed by atoms with E-state index >= 15 is 0 Å². The van der Waals surface area contributed by atoms with Crippen molar-refractivity contribution in [3.8, 4) is 11.1 Å².